The van der Waals surface area contributed by atoms with E-state index in [1.807, 2.05) is 25.1 Å². The zero-order valence-electron chi connectivity index (χ0n) is 13.9. The molecule has 2 aromatic heterocycles. The summed E-state index contributed by atoms with van der Waals surface area (Å²) in [5, 5.41) is 3.11. The largest absolute Gasteiger partial charge is 0.494 e. The molecule has 0 saturated carbocycles. The van der Waals surface area contributed by atoms with Crippen LogP contribution in [0.2, 0.25) is 0 Å². The van der Waals surface area contributed by atoms with Crippen LogP contribution in [0.3, 0.4) is 0 Å². The number of aromatic nitrogens is 3. The molecule has 25 heavy (non-hydrogen) atoms. The number of primary amides is 1. The van der Waals surface area contributed by atoms with Crippen molar-refractivity contribution in [1.29, 1.82) is 0 Å². The van der Waals surface area contributed by atoms with Crippen LogP contribution < -0.4 is 15.8 Å². The minimum Gasteiger partial charge on any atom is -0.494 e. The van der Waals surface area contributed by atoms with Crippen molar-refractivity contribution < 1.29 is 9.53 Å². The Morgan fingerprint density at radius 3 is 2.64 bits per heavy atom. The van der Waals surface area contributed by atoms with Gasteiger partial charge in [0.25, 0.3) is 5.91 Å². The summed E-state index contributed by atoms with van der Waals surface area (Å²) in [5.41, 5.74) is 8.63. The fraction of sp³-hybridized carbons (Fsp3) is 0.111. The lowest BCUT2D eigenvalue weighted by atomic mass is 10.1. The molecule has 3 N–H and O–H groups in total. The van der Waals surface area contributed by atoms with E-state index in [0.29, 0.717) is 28.5 Å². The van der Waals surface area contributed by atoms with E-state index in [-0.39, 0.29) is 0 Å². The third-order valence-corrected chi connectivity index (χ3v) is 3.60. The van der Waals surface area contributed by atoms with E-state index < -0.39 is 5.91 Å². The average molecular weight is 335 g/mol. The first-order valence-corrected chi connectivity index (χ1v) is 7.58. The van der Waals surface area contributed by atoms with Gasteiger partial charge in [0.05, 0.1) is 35.9 Å². The van der Waals surface area contributed by atoms with Crippen molar-refractivity contribution in [2.45, 2.75) is 6.92 Å². The van der Waals surface area contributed by atoms with Crippen LogP contribution >= 0.6 is 0 Å². The van der Waals surface area contributed by atoms with E-state index in [1.54, 1.807) is 37.8 Å². The van der Waals surface area contributed by atoms with Crippen molar-refractivity contribution in [3.05, 3.63) is 60.2 Å². The van der Waals surface area contributed by atoms with Gasteiger partial charge in [-0.3, -0.25) is 14.8 Å². The molecule has 0 spiro atoms. The smallest absolute Gasteiger partial charge is 0.252 e. The Morgan fingerprint density at radius 1 is 1.12 bits per heavy atom. The number of nitrogens with one attached hydrogen (secondary N) is 1. The summed E-state index contributed by atoms with van der Waals surface area (Å²) in [6.07, 6.45) is 4.96. The van der Waals surface area contributed by atoms with Gasteiger partial charge in [-0.1, -0.05) is 6.07 Å². The van der Waals surface area contributed by atoms with Crippen LogP contribution in [0.15, 0.2) is 48.9 Å². The zero-order valence-corrected chi connectivity index (χ0v) is 13.9. The number of benzene rings is 1. The van der Waals surface area contributed by atoms with Crippen molar-refractivity contribution in [2.24, 2.45) is 5.73 Å². The molecule has 0 bridgehead atoms. The van der Waals surface area contributed by atoms with Crippen LogP contribution in [-0.4, -0.2) is 28.0 Å². The fourth-order valence-corrected chi connectivity index (χ4v) is 2.42. The van der Waals surface area contributed by atoms with E-state index in [1.165, 1.54) is 0 Å². The van der Waals surface area contributed by atoms with Crippen LogP contribution in [0.4, 0.5) is 11.5 Å². The summed E-state index contributed by atoms with van der Waals surface area (Å²) in [4.78, 5) is 24.4. The lowest BCUT2D eigenvalue weighted by Crippen LogP contribution is -2.14. The molecule has 3 rings (SSSR count). The molecule has 0 aliphatic heterocycles. The van der Waals surface area contributed by atoms with Gasteiger partial charge in [-0.15, -0.1) is 0 Å². The first-order valence-electron chi connectivity index (χ1n) is 7.58. The van der Waals surface area contributed by atoms with Crippen LogP contribution in [0, 0.1) is 6.92 Å². The van der Waals surface area contributed by atoms with Gasteiger partial charge in [0.2, 0.25) is 0 Å². The van der Waals surface area contributed by atoms with Gasteiger partial charge in [-0.2, -0.15) is 0 Å². The summed E-state index contributed by atoms with van der Waals surface area (Å²) in [7, 11) is 1.57. The van der Waals surface area contributed by atoms with Gasteiger partial charge in [0.15, 0.2) is 5.75 Å². The molecule has 126 valence electrons. The van der Waals surface area contributed by atoms with Gasteiger partial charge in [0.1, 0.15) is 5.82 Å². The molecule has 0 aliphatic rings. The van der Waals surface area contributed by atoms with Gasteiger partial charge < -0.3 is 15.8 Å². The minimum absolute atomic E-state index is 0.296. The predicted molar refractivity (Wildman–Crippen MR) is 94.8 cm³/mol. The van der Waals surface area contributed by atoms with Crippen LogP contribution in [0.1, 0.15) is 16.1 Å². The van der Waals surface area contributed by atoms with E-state index in [9.17, 15) is 4.79 Å². The Labute approximate surface area is 144 Å². The highest BCUT2D eigenvalue weighted by Crippen LogP contribution is 2.36. The summed E-state index contributed by atoms with van der Waals surface area (Å²) >= 11 is 0. The first kappa shape index (κ1) is 16.4. The highest BCUT2D eigenvalue weighted by atomic mass is 16.5. The van der Waals surface area contributed by atoms with Gasteiger partial charge in [0, 0.05) is 18.0 Å². The molecule has 2 heterocycles. The third kappa shape index (κ3) is 3.40. The number of aryl methyl sites for hydroxylation is 1. The normalized spacial score (nSPS) is 10.3. The number of nitrogens with two attached hydrogens (primary N) is 1. The second-order valence-corrected chi connectivity index (χ2v) is 5.32. The Kier molecular flexibility index (Phi) is 4.56. The molecule has 0 fully saturated rings. The maximum atomic E-state index is 11.6. The number of hydrogen-bond acceptors (Lipinski definition) is 6. The van der Waals surface area contributed by atoms with Crippen LogP contribution in [0.25, 0.3) is 11.3 Å². The Bertz CT molecular complexity index is 910. The molecule has 0 radical (unpaired) electrons. The van der Waals surface area contributed by atoms with Gasteiger partial charge in [-0.25, -0.2) is 4.98 Å². The van der Waals surface area contributed by atoms with Gasteiger partial charge >= 0.3 is 0 Å². The quantitative estimate of drug-likeness (QED) is 0.743. The maximum absolute atomic E-state index is 11.6. The predicted octanol–water partition coefficient (Wildman–Crippen LogP) is 2.70. The van der Waals surface area contributed by atoms with Gasteiger partial charge in [-0.05, 0) is 31.2 Å². The fourth-order valence-electron chi connectivity index (χ4n) is 2.42. The number of hydrogen-bond donors (Lipinski definition) is 2. The SMILES string of the molecule is COc1c(Nc2ncccc2C(N)=O)cccc1-c1cnc(C)cn1. The number of pyridine rings is 1. The molecule has 7 nitrogen and oxygen atoms in total. The standard InChI is InChI=1S/C18H17N5O2/c1-11-9-22-15(10-21-11)12-5-3-7-14(16(12)25-2)23-18-13(17(19)24)6-4-8-20-18/h3-10H,1-2H3,(H2,19,24)(H,20,23). The Hall–Kier alpha value is -3.48. The van der Waals surface area contributed by atoms with Crippen LogP contribution in [-0.2, 0) is 0 Å². The number of anilines is 2. The number of carbonyl (C=O) groups is 1. The number of amides is 1. The van der Waals surface area contributed by atoms with E-state index in [0.717, 1.165) is 11.3 Å². The van der Waals surface area contributed by atoms with Crippen molar-refractivity contribution in [3.8, 4) is 17.0 Å². The lowest BCUT2D eigenvalue weighted by Gasteiger charge is -2.15. The van der Waals surface area contributed by atoms with E-state index in [2.05, 4.69) is 20.3 Å². The molecule has 0 saturated heterocycles. The highest BCUT2D eigenvalue weighted by molar-refractivity contribution is 5.98. The molecular formula is C18H17N5O2. The monoisotopic (exact) mass is 335 g/mol. The molecule has 3 aromatic rings. The number of carbonyl (C=O) groups excluding carboxylic acids is 1. The van der Waals surface area contributed by atoms with E-state index >= 15 is 0 Å². The summed E-state index contributed by atoms with van der Waals surface area (Å²) in [6.45, 7) is 1.87. The van der Waals surface area contributed by atoms with Crippen molar-refractivity contribution >= 4 is 17.4 Å². The van der Waals surface area contributed by atoms with Crippen molar-refractivity contribution in [1.82, 2.24) is 15.0 Å². The molecular weight excluding hydrogens is 318 g/mol. The molecule has 1 amide bonds. The second kappa shape index (κ2) is 6.96. The number of para-hydroxylation sites is 1. The summed E-state index contributed by atoms with van der Waals surface area (Å²) in [6, 6.07) is 8.83. The molecule has 0 atom stereocenters. The second-order valence-electron chi connectivity index (χ2n) is 5.32. The lowest BCUT2D eigenvalue weighted by molar-refractivity contribution is 0.100. The van der Waals surface area contributed by atoms with Crippen LogP contribution in [0.5, 0.6) is 5.75 Å². The zero-order chi connectivity index (χ0) is 17.8. The number of ether oxygens (including phenoxy) is 1. The highest BCUT2D eigenvalue weighted by Gasteiger charge is 2.15. The van der Waals surface area contributed by atoms with Crippen molar-refractivity contribution in [3.63, 3.8) is 0 Å². The topological polar surface area (TPSA) is 103 Å². The third-order valence-electron chi connectivity index (χ3n) is 3.60. The summed E-state index contributed by atoms with van der Waals surface area (Å²) in [5.74, 6) is 0.372. The first-order chi connectivity index (χ1) is 12.1. The molecule has 0 aliphatic carbocycles. The maximum Gasteiger partial charge on any atom is 0.252 e. The average Bonchev–Trinajstić information content (AvgIpc) is 2.62. The number of rotatable bonds is 5. The number of methoxy groups -OCH3 is 1. The van der Waals surface area contributed by atoms with E-state index in [4.69, 9.17) is 10.5 Å². The Morgan fingerprint density at radius 2 is 1.96 bits per heavy atom. The molecule has 1 aromatic carbocycles. The van der Waals surface area contributed by atoms with Crippen molar-refractivity contribution in [2.75, 3.05) is 12.4 Å². The molecule has 0 unspecified atom stereocenters. The molecule has 7 heteroatoms. The minimum atomic E-state index is -0.560. The Balaban J connectivity index is 2.05. The number of nitrogens with zero attached hydrogens (tertiary/aromatic N) is 3. The summed E-state index contributed by atoms with van der Waals surface area (Å²) < 4.78 is 5.56.